The predicted octanol–water partition coefficient (Wildman–Crippen LogP) is 2.22. The lowest BCUT2D eigenvalue weighted by Gasteiger charge is -2.31. The van der Waals surface area contributed by atoms with Crippen molar-refractivity contribution in [3.05, 3.63) is 62.2 Å². The highest BCUT2D eigenvalue weighted by Crippen LogP contribution is 2.40. The molecule has 0 fully saturated rings. The van der Waals surface area contributed by atoms with E-state index in [0.29, 0.717) is 34.4 Å². The smallest absolute Gasteiger partial charge is 0.343 e. The van der Waals surface area contributed by atoms with Crippen LogP contribution in [0, 0.1) is 12.7 Å². The average Bonchev–Trinajstić information content (AvgIpc) is 3.25. The van der Waals surface area contributed by atoms with Gasteiger partial charge in [0.05, 0.1) is 35.6 Å². The Morgan fingerprint density at radius 3 is 2.70 bits per heavy atom. The van der Waals surface area contributed by atoms with Crippen molar-refractivity contribution in [2.45, 2.75) is 58.9 Å². The highest BCUT2D eigenvalue weighted by atomic mass is 19.1. The molecule has 1 atom stereocenters. The number of aryl methyl sites for hydroxylation is 1. The number of benzene rings is 1. The van der Waals surface area contributed by atoms with Crippen molar-refractivity contribution in [1.82, 2.24) is 14.5 Å². The molecule has 0 spiro atoms. The lowest BCUT2D eigenvalue weighted by atomic mass is 9.86. The summed E-state index contributed by atoms with van der Waals surface area (Å²) in [6.45, 7) is 5.78. The summed E-state index contributed by atoms with van der Waals surface area (Å²) in [6, 6.07) is 4.68. The van der Waals surface area contributed by atoms with E-state index in [0.717, 1.165) is 17.5 Å². The maximum atomic E-state index is 14.6. The number of esters is 1. The van der Waals surface area contributed by atoms with Gasteiger partial charge in [0, 0.05) is 35.7 Å². The zero-order valence-corrected chi connectivity index (χ0v) is 21.1. The van der Waals surface area contributed by atoms with Crippen LogP contribution in [0.4, 0.5) is 4.39 Å². The lowest BCUT2D eigenvalue weighted by molar-refractivity contribution is -0.172. The first-order valence-corrected chi connectivity index (χ1v) is 12.4. The second kappa shape index (κ2) is 9.04. The Labute approximate surface area is 212 Å². The van der Waals surface area contributed by atoms with Crippen molar-refractivity contribution in [2.75, 3.05) is 13.1 Å². The number of rotatable bonds is 6. The van der Waals surface area contributed by atoms with Gasteiger partial charge in [-0.3, -0.25) is 9.59 Å². The Balaban J connectivity index is 1.78. The molecule has 0 radical (unpaired) electrons. The van der Waals surface area contributed by atoms with E-state index in [-0.39, 0.29) is 55.3 Å². The normalized spacial score (nSPS) is 17.8. The Bertz CT molecular complexity index is 1530. The lowest BCUT2D eigenvalue weighted by Crippen LogP contribution is -2.44. The average molecular weight is 509 g/mol. The van der Waals surface area contributed by atoms with Gasteiger partial charge in [0.1, 0.15) is 12.4 Å². The molecule has 2 aliphatic heterocycles. The molecular formula is C27H29FN4O5. The second-order valence-corrected chi connectivity index (χ2v) is 9.66. The molecule has 0 saturated carbocycles. The molecule has 3 aromatic rings. The molecule has 1 aromatic carbocycles. The quantitative estimate of drug-likeness (QED) is 0.382. The summed E-state index contributed by atoms with van der Waals surface area (Å²) in [6.07, 6.45) is 0.753. The third-order valence-electron chi connectivity index (χ3n) is 7.46. The van der Waals surface area contributed by atoms with Crippen LogP contribution in [-0.2, 0) is 39.6 Å². The number of carbonyl (C=O) groups excluding carboxylic acids is 2. The first kappa shape index (κ1) is 25.0. The number of carbonyl (C=O) groups is 2. The third-order valence-corrected chi connectivity index (χ3v) is 7.46. The Morgan fingerprint density at radius 1 is 1.27 bits per heavy atom. The van der Waals surface area contributed by atoms with Gasteiger partial charge in [0.25, 0.3) is 5.56 Å². The summed E-state index contributed by atoms with van der Waals surface area (Å²) in [4.78, 5) is 45.1. The van der Waals surface area contributed by atoms with Gasteiger partial charge < -0.3 is 25.0 Å². The van der Waals surface area contributed by atoms with Gasteiger partial charge in [0.2, 0.25) is 5.91 Å². The van der Waals surface area contributed by atoms with E-state index in [2.05, 4.69) is 0 Å². The van der Waals surface area contributed by atoms with Gasteiger partial charge in [-0.2, -0.15) is 0 Å². The van der Waals surface area contributed by atoms with Crippen LogP contribution in [0.5, 0.6) is 0 Å². The van der Waals surface area contributed by atoms with Gasteiger partial charge in [0.15, 0.2) is 5.60 Å². The van der Waals surface area contributed by atoms with Crippen molar-refractivity contribution >= 4 is 22.8 Å². The number of fused-ring (bicyclic) bond motifs is 5. The van der Waals surface area contributed by atoms with Crippen LogP contribution in [0.3, 0.4) is 0 Å². The summed E-state index contributed by atoms with van der Waals surface area (Å²) < 4.78 is 21.3. The SMILES string of the molecule is CCCN(Cc1c2c(nc3cc(F)c(C)cc13)-c1cc3c(c(=O)n1C2)COC(=O)[C@]3(O)CC)C(=O)CN. The number of aliphatic hydroxyl groups is 1. The second-order valence-electron chi connectivity index (χ2n) is 9.66. The monoisotopic (exact) mass is 508 g/mol. The zero-order chi connectivity index (χ0) is 26.6. The molecule has 2 aromatic heterocycles. The minimum Gasteiger partial charge on any atom is -0.458 e. The van der Waals surface area contributed by atoms with Crippen LogP contribution in [0.1, 0.15) is 54.5 Å². The molecule has 10 heteroatoms. The van der Waals surface area contributed by atoms with E-state index in [1.54, 1.807) is 30.9 Å². The molecule has 3 N–H and O–H groups in total. The molecule has 0 bridgehead atoms. The molecule has 5 rings (SSSR count). The molecule has 2 aliphatic rings. The summed E-state index contributed by atoms with van der Waals surface area (Å²) >= 11 is 0. The van der Waals surface area contributed by atoms with Crippen LogP contribution < -0.4 is 11.3 Å². The number of halogens is 1. The van der Waals surface area contributed by atoms with Crippen LogP contribution in [0.25, 0.3) is 22.3 Å². The number of nitrogens with zero attached hydrogens (tertiary/aromatic N) is 3. The fraction of sp³-hybridized carbons (Fsp3) is 0.407. The van der Waals surface area contributed by atoms with E-state index in [4.69, 9.17) is 15.5 Å². The fourth-order valence-corrected chi connectivity index (χ4v) is 5.35. The molecule has 0 aliphatic carbocycles. The minimum absolute atomic E-state index is 0.0304. The topological polar surface area (TPSA) is 128 Å². The van der Waals surface area contributed by atoms with Crippen molar-refractivity contribution in [3.8, 4) is 11.4 Å². The molecule has 1 amide bonds. The van der Waals surface area contributed by atoms with Crippen LogP contribution in [-0.4, -0.2) is 44.5 Å². The fourth-order valence-electron chi connectivity index (χ4n) is 5.35. The van der Waals surface area contributed by atoms with E-state index < -0.39 is 17.4 Å². The highest BCUT2D eigenvalue weighted by Gasteiger charge is 2.45. The third kappa shape index (κ3) is 3.74. The summed E-state index contributed by atoms with van der Waals surface area (Å²) in [5, 5.41) is 11.8. The maximum Gasteiger partial charge on any atom is 0.343 e. The van der Waals surface area contributed by atoms with Crippen molar-refractivity contribution in [2.24, 2.45) is 5.73 Å². The Kier molecular flexibility index (Phi) is 6.12. The Morgan fingerprint density at radius 2 is 2.03 bits per heavy atom. The zero-order valence-electron chi connectivity index (χ0n) is 21.1. The number of amides is 1. The number of aromatic nitrogens is 2. The largest absolute Gasteiger partial charge is 0.458 e. The molecule has 194 valence electrons. The number of hydrogen-bond acceptors (Lipinski definition) is 7. The molecule has 0 unspecified atom stereocenters. The summed E-state index contributed by atoms with van der Waals surface area (Å²) in [5.41, 5.74) is 6.98. The number of cyclic esters (lactones) is 1. The number of ether oxygens (including phenoxy) is 1. The van der Waals surface area contributed by atoms with Crippen molar-refractivity contribution in [3.63, 3.8) is 0 Å². The van der Waals surface area contributed by atoms with Crippen LogP contribution in [0.2, 0.25) is 0 Å². The van der Waals surface area contributed by atoms with Crippen molar-refractivity contribution < 1.29 is 23.8 Å². The summed E-state index contributed by atoms with van der Waals surface area (Å²) in [7, 11) is 0. The number of pyridine rings is 2. The van der Waals surface area contributed by atoms with E-state index >= 15 is 0 Å². The first-order chi connectivity index (χ1) is 17.6. The number of nitrogens with two attached hydrogens (primary N) is 1. The van der Waals surface area contributed by atoms with Gasteiger partial charge in [-0.25, -0.2) is 14.2 Å². The van der Waals surface area contributed by atoms with Gasteiger partial charge in [-0.15, -0.1) is 0 Å². The molecule has 4 heterocycles. The van der Waals surface area contributed by atoms with Gasteiger partial charge in [-0.05, 0) is 43.0 Å². The molecule has 9 nitrogen and oxygen atoms in total. The highest BCUT2D eigenvalue weighted by molar-refractivity contribution is 5.90. The van der Waals surface area contributed by atoms with E-state index in [1.165, 1.54) is 10.6 Å². The molecule has 0 saturated heterocycles. The minimum atomic E-state index is -1.94. The maximum absolute atomic E-state index is 14.6. The number of hydrogen-bond donors (Lipinski definition) is 2. The standard InChI is InChI=1S/C27H29FN4O5/c1-4-6-31(23(33)10-29)11-16-15-7-14(3)20(28)9-21(15)30-24-17(16)12-32-22(24)8-19-18(25(32)34)13-37-26(35)27(19,36)5-2/h7-9,36H,4-6,10-13,29H2,1-3H3/t27-/m0/s1. The van der Waals surface area contributed by atoms with Gasteiger partial charge >= 0.3 is 5.97 Å². The van der Waals surface area contributed by atoms with Crippen molar-refractivity contribution in [1.29, 1.82) is 0 Å². The molecule has 37 heavy (non-hydrogen) atoms. The molecular weight excluding hydrogens is 479 g/mol. The van der Waals surface area contributed by atoms with E-state index in [1.807, 2.05) is 6.92 Å². The van der Waals surface area contributed by atoms with Crippen LogP contribution in [0.15, 0.2) is 23.0 Å². The van der Waals surface area contributed by atoms with E-state index in [9.17, 15) is 23.9 Å². The Hall–Kier alpha value is -3.63. The van der Waals surface area contributed by atoms with Gasteiger partial charge in [-0.1, -0.05) is 13.8 Å². The van der Waals surface area contributed by atoms with Crippen LogP contribution >= 0.6 is 0 Å². The first-order valence-electron chi connectivity index (χ1n) is 12.4. The predicted molar refractivity (Wildman–Crippen MR) is 134 cm³/mol. The summed E-state index contributed by atoms with van der Waals surface area (Å²) in [5.74, 6) is -1.44.